The van der Waals surface area contributed by atoms with Gasteiger partial charge in [-0.05, 0) is 31.4 Å². The third kappa shape index (κ3) is 2.78. The molecule has 1 aliphatic rings. The predicted octanol–water partition coefficient (Wildman–Crippen LogP) is 2.71. The van der Waals surface area contributed by atoms with Crippen molar-refractivity contribution in [2.45, 2.75) is 25.8 Å². The molecule has 1 saturated heterocycles. The average Bonchev–Trinajstić information content (AvgIpc) is 2.97. The summed E-state index contributed by atoms with van der Waals surface area (Å²) in [4.78, 5) is 15.0. The molecule has 7 nitrogen and oxygen atoms in total. The largest absolute Gasteiger partial charge is 0.337 e. The Hall–Kier alpha value is -2.28. The second-order valence-corrected chi connectivity index (χ2v) is 5.37. The molecule has 110 valence electrons. The summed E-state index contributed by atoms with van der Waals surface area (Å²) in [6.07, 6.45) is 2.06. The number of rotatable bonds is 3. The summed E-state index contributed by atoms with van der Waals surface area (Å²) in [7, 11) is 0. The van der Waals surface area contributed by atoms with Gasteiger partial charge in [0.1, 0.15) is 5.56 Å². The number of nitro groups is 1. The second-order valence-electron chi connectivity index (χ2n) is 5.37. The van der Waals surface area contributed by atoms with E-state index in [0.29, 0.717) is 17.4 Å². The van der Waals surface area contributed by atoms with E-state index in [4.69, 9.17) is 4.52 Å². The molecule has 1 N–H and O–H groups in total. The van der Waals surface area contributed by atoms with Gasteiger partial charge in [0, 0.05) is 6.07 Å². The maximum Gasteiger partial charge on any atom is 0.280 e. The van der Waals surface area contributed by atoms with Crippen LogP contribution in [0.4, 0.5) is 5.69 Å². The Morgan fingerprint density at radius 2 is 2.24 bits per heavy atom. The number of nitrogens with zero attached hydrogens (tertiary/aromatic N) is 3. The van der Waals surface area contributed by atoms with Gasteiger partial charge in [-0.1, -0.05) is 24.2 Å². The van der Waals surface area contributed by atoms with Crippen molar-refractivity contribution in [3.05, 3.63) is 40.3 Å². The van der Waals surface area contributed by atoms with Crippen LogP contribution in [0.5, 0.6) is 0 Å². The van der Waals surface area contributed by atoms with Gasteiger partial charge in [0.25, 0.3) is 5.69 Å². The average molecular weight is 288 g/mol. The number of benzene rings is 1. The lowest BCUT2D eigenvalue weighted by Crippen LogP contribution is -2.30. The van der Waals surface area contributed by atoms with Crippen LogP contribution >= 0.6 is 0 Å². The summed E-state index contributed by atoms with van der Waals surface area (Å²) in [6.45, 7) is 3.10. The van der Waals surface area contributed by atoms with Crippen LogP contribution in [-0.4, -0.2) is 21.6 Å². The second kappa shape index (κ2) is 5.61. The number of hydrogen-bond acceptors (Lipinski definition) is 6. The van der Waals surface area contributed by atoms with Crippen molar-refractivity contribution in [1.29, 1.82) is 0 Å². The smallest absolute Gasteiger partial charge is 0.280 e. The van der Waals surface area contributed by atoms with E-state index in [1.165, 1.54) is 6.07 Å². The fourth-order valence-electron chi connectivity index (χ4n) is 2.60. The van der Waals surface area contributed by atoms with Gasteiger partial charge < -0.3 is 9.84 Å². The lowest BCUT2D eigenvalue weighted by Gasteiger charge is -2.25. The quantitative estimate of drug-likeness (QED) is 0.689. The molecule has 0 spiro atoms. The summed E-state index contributed by atoms with van der Waals surface area (Å²) in [5.41, 5.74) is 0.358. The van der Waals surface area contributed by atoms with Crippen molar-refractivity contribution in [3.63, 3.8) is 0 Å². The van der Waals surface area contributed by atoms with Crippen molar-refractivity contribution < 1.29 is 9.45 Å². The van der Waals surface area contributed by atoms with Gasteiger partial charge in [0.2, 0.25) is 11.7 Å². The minimum atomic E-state index is -0.438. The van der Waals surface area contributed by atoms with E-state index in [9.17, 15) is 10.1 Å². The van der Waals surface area contributed by atoms with Crippen molar-refractivity contribution in [2.24, 2.45) is 5.92 Å². The number of nitrogens with one attached hydrogen (secondary N) is 1. The zero-order valence-corrected chi connectivity index (χ0v) is 11.7. The Morgan fingerprint density at radius 3 is 3.00 bits per heavy atom. The Bertz CT molecular complexity index is 655. The Labute approximate surface area is 121 Å². The Kier molecular flexibility index (Phi) is 3.66. The predicted molar refractivity (Wildman–Crippen MR) is 75.5 cm³/mol. The summed E-state index contributed by atoms with van der Waals surface area (Å²) in [5.74, 6) is 1.35. The van der Waals surface area contributed by atoms with Crippen molar-refractivity contribution in [2.75, 3.05) is 6.54 Å². The highest BCUT2D eigenvalue weighted by molar-refractivity contribution is 5.67. The van der Waals surface area contributed by atoms with E-state index in [-0.39, 0.29) is 17.6 Å². The van der Waals surface area contributed by atoms with Gasteiger partial charge >= 0.3 is 0 Å². The molecule has 0 aliphatic carbocycles. The highest BCUT2D eigenvalue weighted by atomic mass is 16.6. The lowest BCUT2D eigenvalue weighted by molar-refractivity contribution is -0.384. The zero-order chi connectivity index (χ0) is 14.8. The fraction of sp³-hybridized carbons (Fsp3) is 0.429. The lowest BCUT2D eigenvalue weighted by atomic mass is 9.94. The number of hydrogen-bond donors (Lipinski definition) is 1. The molecule has 1 fully saturated rings. The molecule has 0 bridgehead atoms. The normalized spacial score (nSPS) is 22.1. The molecule has 0 amide bonds. The molecule has 21 heavy (non-hydrogen) atoms. The van der Waals surface area contributed by atoms with Gasteiger partial charge in [-0.2, -0.15) is 4.98 Å². The first-order valence-electron chi connectivity index (χ1n) is 6.96. The summed E-state index contributed by atoms with van der Waals surface area (Å²) in [5, 5.41) is 18.3. The van der Waals surface area contributed by atoms with E-state index >= 15 is 0 Å². The van der Waals surface area contributed by atoms with Crippen LogP contribution in [0.2, 0.25) is 0 Å². The molecular formula is C14H16N4O3. The molecule has 2 unspecified atom stereocenters. The summed E-state index contributed by atoms with van der Waals surface area (Å²) in [6, 6.07) is 6.43. The molecular weight excluding hydrogens is 272 g/mol. The van der Waals surface area contributed by atoms with Crippen molar-refractivity contribution in [3.8, 4) is 11.4 Å². The van der Waals surface area contributed by atoms with Crippen molar-refractivity contribution >= 4 is 5.69 Å². The number of aromatic nitrogens is 2. The van der Waals surface area contributed by atoms with Crippen LogP contribution in [0.15, 0.2) is 28.8 Å². The monoisotopic (exact) mass is 288 g/mol. The topological polar surface area (TPSA) is 94.1 Å². The molecule has 1 aromatic heterocycles. The van der Waals surface area contributed by atoms with Gasteiger partial charge in [-0.3, -0.25) is 10.1 Å². The summed E-state index contributed by atoms with van der Waals surface area (Å²) >= 11 is 0. The first-order valence-corrected chi connectivity index (χ1v) is 6.96. The van der Waals surface area contributed by atoms with Crippen LogP contribution in [0.25, 0.3) is 11.4 Å². The minimum absolute atomic E-state index is 0.0187. The molecule has 1 aliphatic heterocycles. The van der Waals surface area contributed by atoms with E-state index in [0.717, 1.165) is 19.4 Å². The molecule has 2 heterocycles. The van der Waals surface area contributed by atoms with Gasteiger partial charge in [-0.25, -0.2) is 0 Å². The maximum absolute atomic E-state index is 11.1. The molecule has 1 aromatic carbocycles. The zero-order valence-electron chi connectivity index (χ0n) is 11.7. The number of piperidine rings is 1. The van der Waals surface area contributed by atoms with Gasteiger partial charge in [0.05, 0.1) is 11.0 Å². The molecule has 7 heteroatoms. The molecule has 0 saturated carbocycles. The minimum Gasteiger partial charge on any atom is -0.337 e. The van der Waals surface area contributed by atoms with Crippen LogP contribution < -0.4 is 5.32 Å². The first-order chi connectivity index (χ1) is 10.1. The fourth-order valence-corrected chi connectivity index (χ4v) is 2.60. The number of para-hydroxylation sites is 1. The van der Waals surface area contributed by atoms with Gasteiger partial charge in [0.15, 0.2) is 0 Å². The van der Waals surface area contributed by atoms with Crippen molar-refractivity contribution in [1.82, 2.24) is 15.5 Å². The van der Waals surface area contributed by atoms with E-state index in [2.05, 4.69) is 22.4 Å². The highest BCUT2D eigenvalue weighted by Crippen LogP contribution is 2.30. The third-order valence-electron chi connectivity index (χ3n) is 3.75. The molecule has 0 radical (unpaired) electrons. The molecule has 2 atom stereocenters. The van der Waals surface area contributed by atoms with Crippen LogP contribution in [-0.2, 0) is 0 Å². The molecule has 2 aromatic rings. The molecule has 3 rings (SSSR count). The maximum atomic E-state index is 11.1. The van der Waals surface area contributed by atoms with Crippen LogP contribution in [0.3, 0.4) is 0 Å². The number of nitro benzene ring substituents is 1. The SMILES string of the molecule is CC1CCNC(c2nc(-c3ccccc3[N+](=O)[O-])no2)C1. The van der Waals surface area contributed by atoms with E-state index in [1.54, 1.807) is 18.2 Å². The highest BCUT2D eigenvalue weighted by Gasteiger charge is 2.26. The Morgan fingerprint density at radius 1 is 1.43 bits per heavy atom. The van der Waals surface area contributed by atoms with E-state index in [1.807, 2.05) is 0 Å². The van der Waals surface area contributed by atoms with Gasteiger partial charge in [-0.15, -0.1) is 0 Å². The van der Waals surface area contributed by atoms with E-state index < -0.39 is 4.92 Å². The standard InChI is InChI=1S/C14H16N4O3/c1-9-6-7-15-11(8-9)14-16-13(17-21-14)10-4-2-3-5-12(10)18(19)20/h2-5,9,11,15H,6-8H2,1H3. The third-order valence-corrected chi connectivity index (χ3v) is 3.75. The first kappa shape index (κ1) is 13.7. The summed E-state index contributed by atoms with van der Waals surface area (Å²) < 4.78 is 5.30. The van der Waals surface area contributed by atoms with Crippen LogP contribution in [0.1, 0.15) is 31.7 Å². The van der Waals surface area contributed by atoms with Crippen LogP contribution in [0, 0.1) is 16.0 Å². The Balaban J connectivity index is 1.90.